The van der Waals surface area contributed by atoms with Crippen molar-refractivity contribution in [3.63, 3.8) is 0 Å². The number of benzene rings is 2. The molecule has 1 aliphatic heterocycles. The predicted octanol–water partition coefficient (Wildman–Crippen LogP) is 2.59. The molecule has 0 saturated heterocycles. The van der Waals surface area contributed by atoms with Crippen LogP contribution < -0.4 is 9.64 Å². The molecule has 0 bridgehead atoms. The van der Waals surface area contributed by atoms with Gasteiger partial charge in [0.2, 0.25) is 0 Å². The monoisotopic (exact) mass is 325 g/mol. The molecule has 1 heterocycles. The number of amides is 1. The minimum atomic E-state index is -0.844. The van der Waals surface area contributed by atoms with Gasteiger partial charge < -0.3 is 14.4 Å². The van der Waals surface area contributed by atoms with Crippen LogP contribution in [-0.4, -0.2) is 31.1 Å². The summed E-state index contributed by atoms with van der Waals surface area (Å²) in [7, 11) is 0. The summed E-state index contributed by atoms with van der Waals surface area (Å²) in [5, 5.41) is 0. The second-order valence-corrected chi connectivity index (χ2v) is 5.60. The summed E-state index contributed by atoms with van der Waals surface area (Å²) in [6.45, 7) is 1.97. The van der Waals surface area contributed by atoms with Crippen molar-refractivity contribution in [1.82, 2.24) is 0 Å². The molecule has 1 amide bonds. The molecule has 24 heavy (non-hydrogen) atoms. The first kappa shape index (κ1) is 16.1. The average Bonchev–Trinajstić information content (AvgIpc) is 3.04. The number of para-hydroxylation sites is 2. The first-order chi connectivity index (χ1) is 11.6. The lowest BCUT2D eigenvalue weighted by molar-refractivity contribution is -0.155. The second kappa shape index (κ2) is 7.17. The van der Waals surface area contributed by atoms with Gasteiger partial charge in [-0.3, -0.25) is 4.79 Å². The molecular formula is C19H19NO4. The number of nitrogens with zero attached hydrogens (tertiary/aromatic N) is 1. The van der Waals surface area contributed by atoms with E-state index in [0.29, 0.717) is 12.3 Å². The number of esters is 1. The fourth-order valence-corrected chi connectivity index (χ4v) is 2.73. The molecule has 0 spiro atoms. The summed E-state index contributed by atoms with van der Waals surface area (Å²) in [4.78, 5) is 26.1. The number of fused-ring (bicyclic) bond motifs is 1. The number of carbonyl (C=O) groups is 2. The molecule has 5 heteroatoms. The van der Waals surface area contributed by atoms with Crippen LogP contribution in [0, 0.1) is 0 Å². The third-order valence-corrected chi connectivity index (χ3v) is 3.91. The van der Waals surface area contributed by atoms with E-state index >= 15 is 0 Å². The number of rotatable bonds is 5. The van der Waals surface area contributed by atoms with Gasteiger partial charge in [-0.2, -0.15) is 0 Å². The number of hydrogen-bond donors (Lipinski definition) is 0. The highest BCUT2D eigenvalue weighted by molar-refractivity contribution is 5.99. The zero-order chi connectivity index (χ0) is 16.9. The van der Waals surface area contributed by atoms with Crippen LogP contribution in [0.3, 0.4) is 0 Å². The maximum absolute atomic E-state index is 12.5. The summed E-state index contributed by atoms with van der Waals surface area (Å²) in [6, 6.07) is 16.8. The zero-order valence-electron chi connectivity index (χ0n) is 13.5. The van der Waals surface area contributed by atoms with Gasteiger partial charge in [0.15, 0.2) is 12.7 Å². The molecule has 0 aliphatic carbocycles. The van der Waals surface area contributed by atoms with Gasteiger partial charge in [-0.25, -0.2) is 4.79 Å². The molecular weight excluding hydrogens is 306 g/mol. The van der Waals surface area contributed by atoms with Gasteiger partial charge in [0.1, 0.15) is 5.75 Å². The summed E-state index contributed by atoms with van der Waals surface area (Å²) in [6.07, 6.45) is -0.0253. The molecule has 0 unspecified atom stereocenters. The molecule has 0 saturated carbocycles. The molecule has 124 valence electrons. The molecule has 5 nitrogen and oxygen atoms in total. The summed E-state index contributed by atoms with van der Waals surface area (Å²) < 4.78 is 10.5. The van der Waals surface area contributed by atoms with Crippen molar-refractivity contribution in [3.05, 3.63) is 60.2 Å². The average molecular weight is 325 g/mol. The maximum Gasteiger partial charge on any atom is 0.344 e. The zero-order valence-corrected chi connectivity index (χ0v) is 13.5. The van der Waals surface area contributed by atoms with Crippen molar-refractivity contribution in [2.45, 2.75) is 19.4 Å². The number of carbonyl (C=O) groups excluding carboxylic acids is 2. The minimum absolute atomic E-state index is 0.215. The quantitative estimate of drug-likeness (QED) is 0.793. The first-order valence-electron chi connectivity index (χ1n) is 7.92. The largest absolute Gasteiger partial charge is 0.482 e. The Balaban J connectivity index is 1.54. The Bertz CT molecular complexity index is 729. The predicted molar refractivity (Wildman–Crippen MR) is 90.0 cm³/mol. The topological polar surface area (TPSA) is 55.8 Å². The van der Waals surface area contributed by atoms with Crippen molar-refractivity contribution >= 4 is 17.6 Å². The Hall–Kier alpha value is -2.82. The summed E-state index contributed by atoms with van der Waals surface area (Å²) >= 11 is 0. The van der Waals surface area contributed by atoms with Gasteiger partial charge in [0.05, 0.1) is 0 Å². The van der Waals surface area contributed by atoms with E-state index in [1.54, 1.807) is 24.0 Å². The lowest BCUT2D eigenvalue weighted by atomic mass is 10.2. The Morgan fingerprint density at radius 3 is 2.58 bits per heavy atom. The Morgan fingerprint density at radius 1 is 1.08 bits per heavy atom. The molecule has 0 radical (unpaired) electrons. The molecule has 0 aromatic heterocycles. The van der Waals surface area contributed by atoms with Gasteiger partial charge in [0.25, 0.3) is 5.91 Å². The smallest absolute Gasteiger partial charge is 0.344 e. The van der Waals surface area contributed by atoms with E-state index in [1.807, 2.05) is 42.5 Å². The van der Waals surface area contributed by atoms with Crippen molar-refractivity contribution in [2.75, 3.05) is 18.1 Å². The molecule has 0 N–H and O–H groups in total. The van der Waals surface area contributed by atoms with E-state index < -0.39 is 12.1 Å². The van der Waals surface area contributed by atoms with Crippen LogP contribution in [0.15, 0.2) is 54.6 Å². The maximum atomic E-state index is 12.5. The van der Waals surface area contributed by atoms with Crippen LogP contribution in [0.25, 0.3) is 0 Å². The Kier molecular flexibility index (Phi) is 4.79. The number of anilines is 1. The highest BCUT2D eigenvalue weighted by Crippen LogP contribution is 2.28. The van der Waals surface area contributed by atoms with Crippen molar-refractivity contribution in [2.24, 2.45) is 0 Å². The minimum Gasteiger partial charge on any atom is -0.482 e. The van der Waals surface area contributed by atoms with Crippen molar-refractivity contribution in [3.8, 4) is 5.75 Å². The fraction of sp³-hybridized carbons (Fsp3) is 0.263. The molecule has 0 fully saturated rings. The summed E-state index contributed by atoms with van der Waals surface area (Å²) in [5.74, 6) is -0.193. The number of hydrogen-bond acceptors (Lipinski definition) is 4. The third kappa shape index (κ3) is 3.56. The SMILES string of the molecule is C[C@H](OC(=O)COc1ccccc1)C(=O)N1CCc2ccccc21. The van der Waals surface area contributed by atoms with Crippen LogP contribution in [0.2, 0.25) is 0 Å². The van der Waals surface area contributed by atoms with Crippen LogP contribution >= 0.6 is 0 Å². The molecule has 3 rings (SSSR count). The van der Waals surface area contributed by atoms with E-state index in [0.717, 1.165) is 17.7 Å². The molecule has 2 aromatic carbocycles. The van der Waals surface area contributed by atoms with Crippen molar-refractivity contribution in [1.29, 1.82) is 0 Å². The number of ether oxygens (including phenoxy) is 2. The van der Waals surface area contributed by atoms with Crippen molar-refractivity contribution < 1.29 is 19.1 Å². The Morgan fingerprint density at radius 2 is 1.79 bits per heavy atom. The highest BCUT2D eigenvalue weighted by Gasteiger charge is 2.29. The van der Waals surface area contributed by atoms with Gasteiger partial charge in [0, 0.05) is 12.2 Å². The Labute approximate surface area is 140 Å². The van der Waals surface area contributed by atoms with Gasteiger partial charge in [-0.15, -0.1) is 0 Å². The molecule has 2 aromatic rings. The first-order valence-corrected chi connectivity index (χ1v) is 7.92. The fourth-order valence-electron chi connectivity index (χ4n) is 2.73. The van der Waals surface area contributed by atoms with Crippen LogP contribution in [0.5, 0.6) is 5.75 Å². The van der Waals surface area contributed by atoms with Crippen LogP contribution in [0.1, 0.15) is 12.5 Å². The molecule has 1 aliphatic rings. The normalized spacial score (nSPS) is 14.0. The van der Waals surface area contributed by atoms with Gasteiger partial charge in [-0.05, 0) is 37.1 Å². The van der Waals surface area contributed by atoms with Gasteiger partial charge >= 0.3 is 5.97 Å². The second-order valence-electron chi connectivity index (χ2n) is 5.60. The van der Waals surface area contributed by atoms with E-state index in [4.69, 9.17) is 9.47 Å². The van der Waals surface area contributed by atoms with E-state index in [2.05, 4.69) is 0 Å². The van der Waals surface area contributed by atoms with Crippen LogP contribution in [-0.2, 0) is 20.7 Å². The highest BCUT2D eigenvalue weighted by atomic mass is 16.6. The lowest BCUT2D eigenvalue weighted by Gasteiger charge is -2.21. The molecule has 1 atom stereocenters. The lowest BCUT2D eigenvalue weighted by Crippen LogP contribution is -2.39. The third-order valence-electron chi connectivity index (χ3n) is 3.91. The van der Waals surface area contributed by atoms with Gasteiger partial charge in [-0.1, -0.05) is 36.4 Å². The van der Waals surface area contributed by atoms with E-state index in [-0.39, 0.29) is 12.5 Å². The van der Waals surface area contributed by atoms with E-state index in [9.17, 15) is 9.59 Å². The standard InChI is InChI=1S/C19H19NO4/c1-14(24-18(21)13-23-16-8-3-2-4-9-16)19(22)20-12-11-15-7-5-6-10-17(15)20/h2-10,14H,11-13H2,1H3/t14-/m0/s1. The van der Waals surface area contributed by atoms with Crippen LogP contribution in [0.4, 0.5) is 5.69 Å². The summed E-state index contributed by atoms with van der Waals surface area (Å²) in [5.41, 5.74) is 2.03. The van der Waals surface area contributed by atoms with E-state index in [1.165, 1.54) is 0 Å².